The summed E-state index contributed by atoms with van der Waals surface area (Å²) >= 11 is 6.66. The van der Waals surface area contributed by atoms with E-state index >= 15 is 0 Å². The van der Waals surface area contributed by atoms with Crippen LogP contribution in [0.4, 0.5) is 8.78 Å². The van der Waals surface area contributed by atoms with Gasteiger partial charge in [0.05, 0.1) is 17.4 Å². The first-order valence-corrected chi connectivity index (χ1v) is 14.9. The van der Waals surface area contributed by atoms with Crippen LogP contribution in [0.15, 0.2) is 12.1 Å². The number of nitrogens with zero attached hydrogens (tertiary/aromatic N) is 5. The molecule has 10 nitrogen and oxygen atoms in total. The standard InChI is InChI=1S/C29H36ClF2N5O5/c1-3-29(28(40)41)12-5-4-7-18(29)27(39)37-14-11-17-19(30)9-10-22(24(17)21(37)15-36-13-6-8-23(36)38)42-16-20-25(26(31)32)35(2)34-33-20/h9-10,18,21,26H,3-8,11-16H2,1-2H3,(H,40,41)/t18?,21-,29-/m1/s1. The minimum absolute atomic E-state index is 0.0115. The van der Waals surface area contributed by atoms with Crippen LogP contribution < -0.4 is 4.74 Å². The maximum absolute atomic E-state index is 14.4. The van der Waals surface area contributed by atoms with E-state index in [2.05, 4.69) is 10.3 Å². The highest BCUT2D eigenvalue weighted by molar-refractivity contribution is 6.31. The van der Waals surface area contributed by atoms with Crippen molar-refractivity contribution in [3.8, 4) is 5.75 Å². The molecule has 1 unspecified atom stereocenters. The number of aliphatic carboxylic acids is 1. The summed E-state index contributed by atoms with van der Waals surface area (Å²) < 4.78 is 34.4. The van der Waals surface area contributed by atoms with Gasteiger partial charge in [-0.2, -0.15) is 0 Å². The number of likely N-dealkylation sites (tertiary alicyclic amines) is 1. The number of carbonyl (C=O) groups excluding carboxylic acids is 2. The van der Waals surface area contributed by atoms with Gasteiger partial charge >= 0.3 is 5.97 Å². The van der Waals surface area contributed by atoms with Crippen LogP contribution in [0.2, 0.25) is 5.02 Å². The Morgan fingerprint density at radius 2 is 2.00 bits per heavy atom. The molecule has 1 aliphatic carbocycles. The first-order valence-electron chi connectivity index (χ1n) is 14.5. The number of benzene rings is 1. The molecule has 3 heterocycles. The molecule has 2 aromatic rings. The third-order valence-electron chi connectivity index (χ3n) is 9.32. The average molecular weight is 608 g/mol. The summed E-state index contributed by atoms with van der Waals surface area (Å²) in [6.07, 6.45) is 1.46. The molecule has 0 spiro atoms. The molecule has 42 heavy (non-hydrogen) atoms. The minimum Gasteiger partial charge on any atom is -0.487 e. The molecular weight excluding hydrogens is 572 g/mol. The smallest absolute Gasteiger partial charge is 0.310 e. The number of rotatable bonds is 9. The zero-order valence-electron chi connectivity index (χ0n) is 23.8. The molecule has 0 bridgehead atoms. The summed E-state index contributed by atoms with van der Waals surface area (Å²) in [5, 5.41) is 18.3. The summed E-state index contributed by atoms with van der Waals surface area (Å²) in [6, 6.07) is 2.66. The van der Waals surface area contributed by atoms with Crippen molar-refractivity contribution >= 4 is 29.4 Å². The van der Waals surface area contributed by atoms with Gasteiger partial charge in [-0.25, -0.2) is 13.5 Å². The van der Waals surface area contributed by atoms with Crippen LogP contribution in [0.1, 0.15) is 86.9 Å². The van der Waals surface area contributed by atoms with Crippen LogP contribution in [0.5, 0.6) is 5.75 Å². The van der Waals surface area contributed by atoms with E-state index in [0.29, 0.717) is 68.0 Å². The van der Waals surface area contributed by atoms with Gasteiger partial charge in [-0.15, -0.1) is 5.10 Å². The fourth-order valence-corrected chi connectivity index (χ4v) is 7.28. The summed E-state index contributed by atoms with van der Waals surface area (Å²) in [6.45, 7) is 2.57. The lowest BCUT2D eigenvalue weighted by Crippen LogP contribution is -2.53. The quantitative estimate of drug-likeness (QED) is 0.439. The molecule has 2 aliphatic heterocycles. The topological polar surface area (TPSA) is 118 Å². The van der Waals surface area contributed by atoms with E-state index in [1.54, 1.807) is 21.9 Å². The van der Waals surface area contributed by atoms with Crippen molar-refractivity contribution in [3.05, 3.63) is 39.7 Å². The molecule has 1 N–H and O–H groups in total. The van der Waals surface area contributed by atoms with Crippen molar-refractivity contribution in [2.75, 3.05) is 19.6 Å². The van der Waals surface area contributed by atoms with Gasteiger partial charge in [0.25, 0.3) is 6.43 Å². The van der Waals surface area contributed by atoms with Crippen molar-refractivity contribution in [1.82, 2.24) is 24.8 Å². The lowest BCUT2D eigenvalue weighted by molar-refractivity contribution is -0.164. The molecule has 13 heteroatoms. The lowest BCUT2D eigenvalue weighted by atomic mass is 9.64. The normalized spacial score (nSPS) is 24.3. The number of halogens is 3. The monoisotopic (exact) mass is 607 g/mol. The zero-order valence-corrected chi connectivity index (χ0v) is 24.6. The molecule has 0 radical (unpaired) electrons. The number of aryl methyl sites for hydroxylation is 1. The van der Waals surface area contributed by atoms with Gasteiger partial charge in [0.2, 0.25) is 11.8 Å². The Bertz CT molecular complexity index is 1370. The van der Waals surface area contributed by atoms with Gasteiger partial charge < -0.3 is 19.6 Å². The number of aromatic nitrogens is 3. The number of ether oxygens (including phenoxy) is 1. The fourth-order valence-electron chi connectivity index (χ4n) is 7.02. The summed E-state index contributed by atoms with van der Waals surface area (Å²) in [5.74, 6) is -1.59. The van der Waals surface area contributed by atoms with E-state index in [1.165, 1.54) is 7.05 Å². The van der Waals surface area contributed by atoms with Crippen molar-refractivity contribution in [1.29, 1.82) is 0 Å². The van der Waals surface area contributed by atoms with Gasteiger partial charge in [0.15, 0.2) is 0 Å². The molecule has 1 aromatic heterocycles. The lowest BCUT2D eigenvalue weighted by Gasteiger charge is -2.46. The number of amides is 2. The van der Waals surface area contributed by atoms with Gasteiger partial charge in [0.1, 0.15) is 23.7 Å². The Labute approximate surface area is 247 Å². The minimum atomic E-state index is -2.80. The van der Waals surface area contributed by atoms with E-state index in [4.69, 9.17) is 16.3 Å². The molecular formula is C29H36ClF2N5O5. The summed E-state index contributed by atoms with van der Waals surface area (Å²) in [5.41, 5.74) is -0.155. The number of alkyl halides is 2. The van der Waals surface area contributed by atoms with Crippen molar-refractivity contribution in [3.63, 3.8) is 0 Å². The Morgan fingerprint density at radius 1 is 1.21 bits per heavy atom. The van der Waals surface area contributed by atoms with Crippen molar-refractivity contribution < 1.29 is 33.0 Å². The summed E-state index contributed by atoms with van der Waals surface area (Å²) in [7, 11) is 1.38. The van der Waals surface area contributed by atoms with Gasteiger partial charge in [-0.3, -0.25) is 14.4 Å². The molecule has 3 aliphatic rings. The average Bonchev–Trinajstić information content (AvgIpc) is 3.56. The number of carboxylic acid groups (broad SMARTS) is 1. The van der Waals surface area contributed by atoms with Gasteiger partial charge in [-0.05, 0) is 49.8 Å². The Morgan fingerprint density at radius 3 is 2.67 bits per heavy atom. The second-order valence-corrected chi connectivity index (χ2v) is 11.8. The van der Waals surface area contributed by atoms with Crippen molar-refractivity contribution in [2.45, 2.75) is 77.4 Å². The fraction of sp³-hybridized carbons (Fsp3) is 0.621. The third-order valence-corrected chi connectivity index (χ3v) is 9.68. The number of carbonyl (C=O) groups is 3. The van der Waals surface area contributed by atoms with Crippen LogP contribution in [0.3, 0.4) is 0 Å². The predicted molar refractivity (Wildman–Crippen MR) is 148 cm³/mol. The summed E-state index contributed by atoms with van der Waals surface area (Å²) in [4.78, 5) is 43.1. The van der Waals surface area contributed by atoms with Gasteiger partial charge in [-0.1, -0.05) is 36.6 Å². The van der Waals surface area contributed by atoms with E-state index in [0.717, 1.165) is 23.1 Å². The van der Waals surface area contributed by atoms with Crippen LogP contribution in [0, 0.1) is 11.3 Å². The van der Waals surface area contributed by atoms with Crippen LogP contribution in [0.25, 0.3) is 0 Å². The van der Waals surface area contributed by atoms with Crippen LogP contribution in [-0.2, 0) is 34.5 Å². The first kappa shape index (κ1) is 30.2. The van der Waals surface area contributed by atoms with Crippen LogP contribution >= 0.6 is 11.6 Å². The highest BCUT2D eigenvalue weighted by atomic mass is 35.5. The third kappa shape index (κ3) is 5.33. The second-order valence-electron chi connectivity index (χ2n) is 11.4. The number of fused-ring (bicyclic) bond motifs is 1. The number of carboxylic acids is 1. The maximum Gasteiger partial charge on any atom is 0.310 e. The highest BCUT2D eigenvalue weighted by Crippen LogP contribution is 2.48. The SMILES string of the molecule is CC[C@@]1(C(=O)O)CCCCC1C(=O)N1CCc2c(Cl)ccc(OCc3nnn(C)c3C(F)F)c2[C@H]1CN1CCCC1=O. The number of hydrogen-bond donors (Lipinski definition) is 1. The van der Waals surface area contributed by atoms with E-state index in [9.17, 15) is 28.3 Å². The van der Waals surface area contributed by atoms with Crippen molar-refractivity contribution in [2.24, 2.45) is 18.4 Å². The zero-order chi connectivity index (χ0) is 30.2. The second kappa shape index (κ2) is 12.1. The molecule has 1 saturated carbocycles. The molecule has 2 fully saturated rings. The van der Waals surface area contributed by atoms with E-state index < -0.39 is 29.8 Å². The number of hydrogen-bond acceptors (Lipinski definition) is 6. The van der Waals surface area contributed by atoms with E-state index in [1.807, 2.05) is 6.92 Å². The highest BCUT2D eigenvalue weighted by Gasteiger charge is 2.52. The molecule has 228 valence electrons. The molecule has 5 rings (SSSR count). The van der Waals surface area contributed by atoms with Gasteiger partial charge in [0, 0.05) is 43.7 Å². The van der Waals surface area contributed by atoms with E-state index in [-0.39, 0.29) is 36.4 Å². The molecule has 2 amide bonds. The largest absolute Gasteiger partial charge is 0.487 e. The molecule has 3 atom stereocenters. The Kier molecular flexibility index (Phi) is 8.73. The maximum atomic E-state index is 14.4. The predicted octanol–water partition coefficient (Wildman–Crippen LogP) is 4.70. The molecule has 1 saturated heterocycles. The van der Waals surface area contributed by atoms with Crippen LogP contribution in [-0.4, -0.2) is 67.3 Å². The Hall–Kier alpha value is -3.28. The molecule has 1 aromatic carbocycles. The first-order chi connectivity index (χ1) is 20.1. The Balaban J connectivity index is 1.54.